The van der Waals surface area contributed by atoms with E-state index in [2.05, 4.69) is 18.9 Å². The first-order chi connectivity index (χ1) is 6.81. The standard InChI is InChI=1S/C10H23NO3/c1-4-11(2)5-6-13-9-10-14-8-7-12-3/h4-10H2,1-3H3. The van der Waals surface area contributed by atoms with E-state index >= 15 is 0 Å². The molecule has 4 heteroatoms. The Hall–Kier alpha value is -0.160. The van der Waals surface area contributed by atoms with E-state index in [0.717, 1.165) is 19.7 Å². The summed E-state index contributed by atoms with van der Waals surface area (Å²) in [5, 5.41) is 0. The molecule has 0 aliphatic carbocycles. The van der Waals surface area contributed by atoms with E-state index in [1.165, 1.54) is 0 Å². The van der Waals surface area contributed by atoms with Gasteiger partial charge in [0.25, 0.3) is 0 Å². The Balaban J connectivity index is 2.92. The van der Waals surface area contributed by atoms with Gasteiger partial charge in [0, 0.05) is 13.7 Å². The highest BCUT2D eigenvalue weighted by Gasteiger charge is 1.94. The molecule has 0 bridgehead atoms. The van der Waals surface area contributed by atoms with Gasteiger partial charge in [-0.05, 0) is 13.6 Å². The molecule has 14 heavy (non-hydrogen) atoms. The molecule has 0 aliphatic heterocycles. The highest BCUT2D eigenvalue weighted by molar-refractivity contribution is 4.44. The van der Waals surface area contributed by atoms with Gasteiger partial charge in [-0.3, -0.25) is 0 Å². The minimum absolute atomic E-state index is 0.648. The third-order valence-corrected chi connectivity index (χ3v) is 1.96. The van der Waals surface area contributed by atoms with Crippen LogP contribution in [0.5, 0.6) is 0 Å². The predicted molar refractivity (Wildman–Crippen MR) is 56.7 cm³/mol. The molecule has 0 saturated heterocycles. The molecule has 0 unspecified atom stereocenters. The van der Waals surface area contributed by atoms with E-state index in [-0.39, 0.29) is 0 Å². The normalized spacial score (nSPS) is 11.1. The quantitative estimate of drug-likeness (QED) is 0.489. The highest BCUT2D eigenvalue weighted by Crippen LogP contribution is 1.83. The van der Waals surface area contributed by atoms with Crippen LogP contribution in [0, 0.1) is 0 Å². The van der Waals surface area contributed by atoms with Crippen molar-refractivity contribution in [2.45, 2.75) is 6.92 Å². The van der Waals surface area contributed by atoms with Gasteiger partial charge >= 0.3 is 0 Å². The number of rotatable bonds is 10. The summed E-state index contributed by atoms with van der Waals surface area (Å²) in [5.74, 6) is 0. The first kappa shape index (κ1) is 13.8. The van der Waals surface area contributed by atoms with E-state index in [4.69, 9.17) is 14.2 Å². The van der Waals surface area contributed by atoms with Crippen molar-refractivity contribution in [1.29, 1.82) is 0 Å². The maximum Gasteiger partial charge on any atom is 0.0701 e. The Morgan fingerprint density at radius 1 is 0.929 bits per heavy atom. The highest BCUT2D eigenvalue weighted by atomic mass is 16.5. The molecule has 0 aromatic rings. The van der Waals surface area contributed by atoms with Crippen molar-refractivity contribution in [2.24, 2.45) is 0 Å². The van der Waals surface area contributed by atoms with Gasteiger partial charge in [0.05, 0.1) is 33.0 Å². The average molecular weight is 205 g/mol. The molecule has 86 valence electrons. The lowest BCUT2D eigenvalue weighted by atomic mass is 10.5. The molecule has 0 rings (SSSR count). The second-order valence-electron chi connectivity index (χ2n) is 3.11. The topological polar surface area (TPSA) is 30.9 Å². The van der Waals surface area contributed by atoms with Crippen LogP contribution in [0.3, 0.4) is 0 Å². The van der Waals surface area contributed by atoms with E-state index in [9.17, 15) is 0 Å². The SMILES string of the molecule is CCN(C)CCOCCOCCOC. The van der Waals surface area contributed by atoms with Crippen molar-refractivity contribution in [3.05, 3.63) is 0 Å². The molecule has 4 nitrogen and oxygen atoms in total. The van der Waals surface area contributed by atoms with Crippen molar-refractivity contribution >= 4 is 0 Å². The molecule has 0 fully saturated rings. The van der Waals surface area contributed by atoms with Crippen LogP contribution >= 0.6 is 0 Å². The molecule has 0 aliphatic rings. The first-order valence-corrected chi connectivity index (χ1v) is 5.14. The fourth-order valence-corrected chi connectivity index (χ4v) is 0.843. The van der Waals surface area contributed by atoms with Gasteiger partial charge in [0.2, 0.25) is 0 Å². The van der Waals surface area contributed by atoms with Gasteiger partial charge < -0.3 is 19.1 Å². The van der Waals surface area contributed by atoms with Gasteiger partial charge in [0.1, 0.15) is 0 Å². The number of methoxy groups -OCH3 is 1. The van der Waals surface area contributed by atoms with Crippen LogP contribution in [-0.4, -0.2) is 65.2 Å². The Labute approximate surface area is 87.1 Å². The minimum atomic E-state index is 0.648. The van der Waals surface area contributed by atoms with Crippen molar-refractivity contribution in [3.8, 4) is 0 Å². The lowest BCUT2D eigenvalue weighted by Gasteiger charge is -2.13. The molecule has 0 saturated carbocycles. The molecule has 0 N–H and O–H groups in total. The number of ether oxygens (including phenoxy) is 3. The van der Waals surface area contributed by atoms with E-state index in [0.29, 0.717) is 26.4 Å². The number of hydrogen-bond donors (Lipinski definition) is 0. The van der Waals surface area contributed by atoms with Crippen LogP contribution in [0.15, 0.2) is 0 Å². The maximum absolute atomic E-state index is 5.38. The summed E-state index contributed by atoms with van der Waals surface area (Å²) in [6, 6.07) is 0. The van der Waals surface area contributed by atoms with Crippen molar-refractivity contribution in [1.82, 2.24) is 4.90 Å². The Kier molecular flexibility index (Phi) is 10.8. The summed E-state index contributed by atoms with van der Waals surface area (Å²) in [6.45, 7) is 7.57. The summed E-state index contributed by atoms with van der Waals surface area (Å²) in [7, 11) is 3.75. The van der Waals surface area contributed by atoms with Crippen LogP contribution in [0.2, 0.25) is 0 Å². The lowest BCUT2D eigenvalue weighted by Crippen LogP contribution is -2.23. The second kappa shape index (κ2) is 10.9. The monoisotopic (exact) mass is 205 g/mol. The average Bonchev–Trinajstić information content (AvgIpc) is 2.21. The smallest absolute Gasteiger partial charge is 0.0701 e. The van der Waals surface area contributed by atoms with Crippen LogP contribution in [0.4, 0.5) is 0 Å². The van der Waals surface area contributed by atoms with Crippen LogP contribution in [0.25, 0.3) is 0 Å². The first-order valence-electron chi connectivity index (χ1n) is 5.14. The summed E-state index contributed by atoms with van der Waals surface area (Å²) >= 11 is 0. The van der Waals surface area contributed by atoms with Gasteiger partial charge in [-0.2, -0.15) is 0 Å². The Morgan fingerprint density at radius 2 is 1.50 bits per heavy atom. The predicted octanol–water partition coefficient (Wildman–Crippen LogP) is 0.618. The summed E-state index contributed by atoms with van der Waals surface area (Å²) in [4.78, 5) is 2.21. The molecule has 0 atom stereocenters. The number of hydrogen-bond acceptors (Lipinski definition) is 4. The number of likely N-dealkylation sites (N-methyl/N-ethyl adjacent to an activating group) is 1. The van der Waals surface area contributed by atoms with Gasteiger partial charge in [0.15, 0.2) is 0 Å². The summed E-state index contributed by atoms with van der Waals surface area (Å²) in [5.41, 5.74) is 0. The third kappa shape index (κ3) is 9.92. The fraction of sp³-hybridized carbons (Fsp3) is 1.00. The van der Waals surface area contributed by atoms with E-state index < -0.39 is 0 Å². The molecule has 0 spiro atoms. The number of nitrogens with zero attached hydrogens (tertiary/aromatic N) is 1. The largest absolute Gasteiger partial charge is 0.382 e. The van der Waals surface area contributed by atoms with E-state index in [1.807, 2.05) is 0 Å². The van der Waals surface area contributed by atoms with Crippen LogP contribution < -0.4 is 0 Å². The third-order valence-electron chi connectivity index (χ3n) is 1.96. The zero-order valence-electron chi connectivity index (χ0n) is 9.62. The second-order valence-corrected chi connectivity index (χ2v) is 3.11. The zero-order chi connectivity index (χ0) is 10.6. The minimum Gasteiger partial charge on any atom is -0.382 e. The molecule has 0 amide bonds. The summed E-state index contributed by atoms with van der Waals surface area (Å²) in [6.07, 6.45) is 0. The van der Waals surface area contributed by atoms with Crippen LogP contribution in [0.1, 0.15) is 6.92 Å². The van der Waals surface area contributed by atoms with Gasteiger partial charge in [-0.25, -0.2) is 0 Å². The Bertz CT molecular complexity index is 112. The summed E-state index contributed by atoms with van der Waals surface area (Å²) < 4.78 is 15.5. The van der Waals surface area contributed by atoms with Crippen LogP contribution in [-0.2, 0) is 14.2 Å². The van der Waals surface area contributed by atoms with Crippen molar-refractivity contribution < 1.29 is 14.2 Å². The molecule has 0 radical (unpaired) electrons. The van der Waals surface area contributed by atoms with Crippen molar-refractivity contribution in [2.75, 3.05) is 60.3 Å². The molecular formula is C10H23NO3. The molecule has 0 heterocycles. The van der Waals surface area contributed by atoms with Gasteiger partial charge in [-0.15, -0.1) is 0 Å². The molecule has 0 aromatic heterocycles. The van der Waals surface area contributed by atoms with Gasteiger partial charge in [-0.1, -0.05) is 6.92 Å². The maximum atomic E-state index is 5.38. The fourth-order valence-electron chi connectivity index (χ4n) is 0.843. The Morgan fingerprint density at radius 3 is 2.07 bits per heavy atom. The van der Waals surface area contributed by atoms with Crippen molar-refractivity contribution in [3.63, 3.8) is 0 Å². The van der Waals surface area contributed by atoms with E-state index in [1.54, 1.807) is 7.11 Å². The molecule has 0 aromatic carbocycles. The molecular weight excluding hydrogens is 182 g/mol. The zero-order valence-corrected chi connectivity index (χ0v) is 9.62. The lowest BCUT2D eigenvalue weighted by molar-refractivity contribution is 0.0211.